The smallest absolute Gasteiger partial charge is 0.321 e. The van der Waals surface area contributed by atoms with Gasteiger partial charge in [0.25, 0.3) is 0 Å². The molecule has 3 aromatic carbocycles. The molecule has 0 radical (unpaired) electrons. The SMILES string of the molecule is Cc1ccccc1NC(=O)N(CCC(=O)NCCC(c1ccccc1)c1ccccc1)CC(C)C. The second-order valence-corrected chi connectivity index (χ2v) is 9.35. The average molecular weight is 472 g/mol. The van der Waals surface area contributed by atoms with Gasteiger partial charge in [-0.2, -0.15) is 0 Å². The highest BCUT2D eigenvalue weighted by molar-refractivity contribution is 5.90. The van der Waals surface area contributed by atoms with E-state index in [1.807, 2.05) is 43.3 Å². The van der Waals surface area contributed by atoms with Crippen LogP contribution in [-0.2, 0) is 4.79 Å². The first kappa shape index (κ1) is 26.0. The average Bonchev–Trinajstić information content (AvgIpc) is 2.86. The third kappa shape index (κ3) is 8.29. The molecule has 0 aliphatic carbocycles. The molecule has 0 saturated heterocycles. The van der Waals surface area contributed by atoms with Crippen molar-refractivity contribution in [3.05, 3.63) is 102 Å². The van der Waals surface area contributed by atoms with E-state index in [-0.39, 0.29) is 24.3 Å². The zero-order chi connectivity index (χ0) is 25.0. The molecule has 3 amide bonds. The Morgan fingerprint density at radius 3 is 1.97 bits per heavy atom. The Labute approximate surface area is 209 Å². The maximum absolute atomic E-state index is 12.9. The Kier molecular flexibility index (Phi) is 9.91. The number of amides is 3. The molecule has 35 heavy (non-hydrogen) atoms. The molecular weight excluding hydrogens is 434 g/mol. The van der Waals surface area contributed by atoms with Crippen LogP contribution in [0.15, 0.2) is 84.9 Å². The van der Waals surface area contributed by atoms with Gasteiger partial charge >= 0.3 is 6.03 Å². The summed E-state index contributed by atoms with van der Waals surface area (Å²) in [6, 6.07) is 28.3. The molecule has 5 heteroatoms. The third-order valence-corrected chi connectivity index (χ3v) is 6.03. The van der Waals surface area contributed by atoms with Gasteiger partial charge in [-0.3, -0.25) is 4.79 Å². The first-order valence-electron chi connectivity index (χ1n) is 12.4. The standard InChI is InChI=1S/C30H37N3O2/c1-23(2)22-33(30(35)32-28-17-11-10-12-24(28)3)21-19-29(34)31-20-18-27(25-13-6-4-7-14-25)26-15-8-5-9-16-26/h4-17,23,27H,18-22H2,1-3H3,(H,31,34)(H,32,35). The van der Waals surface area contributed by atoms with Crippen LogP contribution in [0.4, 0.5) is 10.5 Å². The lowest BCUT2D eigenvalue weighted by atomic mass is 9.88. The van der Waals surface area contributed by atoms with Crippen LogP contribution in [0, 0.1) is 12.8 Å². The van der Waals surface area contributed by atoms with Gasteiger partial charge in [-0.15, -0.1) is 0 Å². The van der Waals surface area contributed by atoms with E-state index in [9.17, 15) is 9.59 Å². The number of carbonyl (C=O) groups is 2. The highest BCUT2D eigenvalue weighted by Gasteiger charge is 2.18. The number of carbonyl (C=O) groups excluding carboxylic acids is 2. The molecule has 0 aromatic heterocycles. The lowest BCUT2D eigenvalue weighted by Gasteiger charge is -2.25. The largest absolute Gasteiger partial charge is 0.356 e. The molecule has 0 heterocycles. The van der Waals surface area contributed by atoms with Crippen LogP contribution < -0.4 is 10.6 Å². The number of hydrogen-bond acceptors (Lipinski definition) is 2. The van der Waals surface area contributed by atoms with Gasteiger partial charge in [-0.25, -0.2) is 4.79 Å². The molecule has 2 N–H and O–H groups in total. The number of aryl methyl sites for hydroxylation is 1. The highest BCUT2D eigenvalue weighted by Crippen LogP contribution is 2.27. The van der Waals surface area contributed by atoms with Gasteiger partial charge < -0.3 is 15.5 Å². The molecule has 3 rings (SSSR count). The predicted octanol–water partition coefficient (Wildman–Crippen LogP) is 6.21. The predicted molar refractivity (Wildman–Crippen MR) is 144 cm³/mol. The molecule has 0 aliphatic rings. The summed E-state index contributed by atoms with van der Waals surface area (Å²) in [6.07, 6.45) is 1.08. The van der Waals surface area contributed by atoms with Gasteiger partial charge in [0.2, 0.25) is 5.91 Å². The van der Waals surface area contributed by atoms with E-state index in [2.05, 4.69) is 73.0 Å². The minimum Gasteiger partial charge on any atom is -0.356 e. The topological polar surface area (TPSA) is 61.4 Å². The minimum absolute atomic E-state index is 0.0395. The van der Waals surface area contributed by atoms with Crippen molar-refractivity contribution in [1.29, 1.82) is 0 Å². The Morgan fingerprint density at radius 1 is 0.829 bits per heavy atom. The summed E-state index contributed by atoms with van der Waals surface area (Å²) in [7, 11) is 0. The molecule has 0 aliphatic heterocycles. The molecule has 0 bridgehead atoms. The fraction of sp³-hybridized carbons (Fsp3) is 0.333. The van der Waals surface area contributed by atoms with Crippen LogP contribution in [0.1, 0.15) is 49.3 Å². The Balaban J connectivity index is 1.54. The number of hydrogen-bond donors (Lipinski definition) is 2. The van der Waals surface area contributed by atoms with Gasteiger partial charge in [0.15, 0.2) is 0 Å². The van der Waals surface area contributed by atoms with E-state index in [0.717, 1.165) is 17.7 Å². The summed E-state index contributed by atoms with van der Waals surface area (Å²) in [5.74, 6) is 0.482. The zero-order valence-corrected chi connectivity index (χ0v) is 21.0. The summed E-state index contributed by atoms with van der Waals surface area (Å²) in [5, 5.41) is 6.05. The number of urea groups is 1. The van der Waals surface area contributed by atoms with Crippen LogP contribution in [0.5, 0.6) is 0 Å². The molecule has 0 unspecified atom stereocenters. The van der Waals surface area contributed by atoms with Crippen LogP contribution in [0.2, 0.25) is 0 Å². The van der Waals surface area contributed by atoms with Crippen LogP contribution in [-0.4, -0.2) is 36.5 Å². The molecule has 0 atom stereocenters. The summed E-state index contributed by atoms with van der Waals surface area (Å²) >= 11 is 0. The lowest BCUT2D eigenvalue weighted by molar-refractivity contribution is -0.121. The highest BCUT2D eigenvalue weighted by atomic mass is 16.2. The van der Waals surface area contributed by atoms with E-state index in [4.69, 9.17) is 0 Å². The Hall–Kier alpha value is -3.60. The number of anilines is 1. The van der Waals surface area contributed by atoms with Crippen molar-refractivity contribution in [3.63, 3.8) is 0 Å². The number of nitrogens with one attached hydrogen (secondary N) is 2. The minimum atomic E-state index is -0.172. The van der Waals surface area contributed by atoms with E-state index in [1.165, 1.54) is 11.1 Å². The molecular formula is C30H37N3O2. The second kappa shape index (κ2) is 13.3. The third-order valence-electron chi connectivity index (χ3n) is 6.03. The fourth-order valence-electron chi connectivity index (χ4n) is 4.20. The lowest BCUT2D eigenvalue weighted by Crippen LogP contribution is -2.40. The first-order valence-corrected chi connectivity index (χ1v) is 12.4. The van der Waals surface area contributed by atoms with Gasteiger partial charge in [-0.05, 0) is 42.0 Å². The van der Waals surface area contributed by atoms with Crippen LogP contribution in [0.25, 0.3) is 0 Å². The van der Waals surface area contributed by atoms with E-state index >= 15 is 0 Å². The van der Waals surface area contributed by atoms with Gasteiger partial charge in [0.05, 0.1) is 0 Å². The van der Waals surface area contributed by atoms with Crippen molar-refractivity contribution in [3.8, 4) is 0 Å². The molecule has 5 nitrogen and oxygen atoms in total. The van der Waals surface area contributed by atoms with Gasteiger partial charge in [0.1, 0.15) is 0 Å². The number of para-hydroxylation sites is 1. The zero-order valence-electron chi connectivity index (χ0n) is 21.0. The summed E-state index contributed by atoms with van der Waals surface area (Å²) in [6.45, 7) is 7.65. The Morgan fingerprint density at radius 2 is 1.40 bits per heavy atom. The normalized spacial score (nSPS) is 10.9. The van der Waals surface area contributed by atoms with Gasteiger partial charge in [-0.1, -0.05) is 92.7 Å². The Bertz CT molecular complexity index is 1030. The quantitative estimate of drug-likeness (QED) is 0.349. The molecule has 3 aromatic rings. The fourth-order valence-corrected chi connectivity index (χ4v) is 4.20. The second-order valence-electron chi connectivity index (χ2n) is 9.35. The van der Waals surface area contributed by atoms with Crippen LogP contribution in [0.3, 0.4) is 0 Å². The monoisotopic (exact) mass is 471 g/mol. The van der Waals surface area contributed by atoms with Crippen molar-refractivity contribution in [2.24, 2.45) is 5.92 Å². The van der Waals surface area contributed by atoms with Crippen molar-refractivity contribution in [2.45, 2.75) is 39.5 Å². The van der Waals surface area contributed by atoms with Crippen molar-refractivity contribution in [1.82, 2.24) is 10.2 Å². The van der Waals surface area contributed by atoms with E-state index in [0.29, 0.717) is 25.6 Å². The molecule has 0 saturated carbocycles. The molecule has 0 spiro atoms. The summed E-state index contributed by atoms with van der Waals surface area (Å²) in [5.41, 5.74) is 4.28. The maximum atomic E-state index is 12.9. The van der Waals surface area contributed by atoms with E-state index in [1.54, 1.807) is 4.90 Å². The van der Waals surface area contributed by atoms with Gasteiger partial charge in [0, 0.05) is 37.7 Å². The number of rotatable bonds is 11. The van der Waals surface area contributed by atoms with Crippen molar-refractivity contribution in [2.75, 3.05) is 25.0 Å². The molecule has 0 fully saturated rings. The van der Waals surface area contributed by atoms with Crippen molar-refractivity contribution < 1.29 is 9.59 Å². The van der Waals surface area contributed by atoms with Crippen LogP contribution >= 0.6 is 0 Å². The summed E-state index contributed by atoms with van der Waals surface area (Å²) < 4.78 is 0. The molecule has 184 valence electrons. The first-order chi connectivity index (χ1) is 16.9. The van der Waals surface area contributed by atoms with E-state index < -0.39 is 0 Å². The number of nitrogens with zero attached hydrogens (tertiary/aromatic N) is 1. The summed E-state index contributed by atoms with van der Waals surface area (Å²) in [4.78, 5) is 27.3. The maximum Gasteiger partial charge on any atom is 0.321 e. The van der Waals surface area contributed by atoms with Crippen molar-refractivity contribution >= 4 is 17.6 Å². The number of benzene rings is 3.